The van der Waals surface area contributed by atoms with Crippen LogP contribution in [0.15, 0.2) is 0 Å². The van der Waals surface area contributed by atoms with Crippen LogP contribution in [0.1, 0.15) is 0 Å². The molecular formula is C6H15ClOSi. The molecule has 0 aliphatic rings. The first-order valence-electron chi connectivity index (χ1n) is 3.12. The van der Waals surface area contributed by atoms with Crippen molar-refractivity contribution in [3.8, 4) is 0 Å². The summed E-state index contributed by atoms with van der Waals surface area (Å²) in [6.45, 7) is 6.84. The van der Waals surface area contributed by atoms with Crippen molar-refractivity contribution in [3.05, 3.63) is 0 Å². The van der Waals surface area contributed by atoms with Crippen molar-refractivity contribution >= 4 is 19.7 Å². The minimum absolute atomic E-state index is 0.0725. The predicted molar refractivity (Wildman–Crippen MR) is 44.8 cm³/mol. The van der Waals surface area contributed by atoms with Crippen LogP contribution in [0.25, 0.3) is 0 Å². The summed E-state index contributed by atoms with van der Waals surface area (Å²) >= 11 is 5.76. The zero-order valence-corrected chi connectivity index (χ0v) is 8.33. The smallest absolute Gasteiger partial charge is 0.128 e. The summed E-state index contributed by atoms with van der Waals surface area (Å²) in [7, 11) is 0.652. The van der Waals surface area contributed by atoms with E-state index in [4.69, 9.17) is 16.3 Å². The van der Waals surface area contributed by atoms with E-state index in [2.05, 4.69) is 19.6 Å². The molecule has 0 saturated carbocycles. The Morgan fingerprint density at radius 3 is 2.00 bits per heavy atom. The Balaban J connectivity index is 3.47. The second-order valence-electron chi connectivity index (χ2n) is 3.41. The van der Waals surface area contributed by atoms with Crippen LogP contribution >= 0.6 is 11.6 Å². The van der Waals surface area contributed by atoms with E-state index in [0.29, 0.717) is 0 Å². The first kappa shape index (κ1) is 9.47. The minimum atomic E-state index is -0.998. The fourth-order valence-corrected chi connectivity index (χ4v) is 3.08. The van der Waals surface area contributed by atoms with E-state index >= 15 is 0 Å². The van der Waals surface area contributed by atoms with Gasteiger partial charge in [0.15, 0.2) is 0 Å². The van der Waals surface area contributed by atoms with Crippen molar-refractivity contribution in [3.63, 3.8) is 0 Å². The van der Waals surface area contributed by atoms with Crippen molar-refractivity contribution < 1.29 is 4.74 Å². The van der Waals surface area contributed by atoms with Crippen LogP contribution in [-0.4, -0.2) is 20.7 Å². The molecule has 1 atom stereocenters. The maximum Gasteiger partial charge on any atom is 0.128 e. The maximum atomic E-state index is 5.76. The normalized spacial score (nSPS) is 15.7. The fourth-order valence-electron chi connectivity index (χ4n) is 0.565. The van der Waals surface area contributed by atoms with Gasteiger partial charge in [-0.05, 0) is 6.04 Å². The number of ether oxygens (including phenoxy) is 1. The van der Waals surface area contributed by atoms with Gasteiger partial charge in [-0.1, -0.05) is 31.2 Å². The molecule has 0 aromatic carbocycles. The van der Waals surface area contributed by atoms with E-state index in [1.165, 1.54) is 0 Å². The molecule has 0 fully saturated rings. The zero-order chi connectivity index (χ0) is 7.49. The fraction of sp³-hybridized carbons (Fsp3) is 1.00. The third-order valence-corrected chi connectivity index (χ3v) is 3.22. The van der Waals surface area contributed by atoms with Gasteiger partial charge in [0.25, 0.3) is 0 Å². The quantitative estimate of drug-likeness (QED) is 0.463. The molecule has 56 valence electrons. The molecule has 1 unspecified atom stereocenters. The lowest BCUT2D eigenvalue weighted by molar-refractivity contribution is 0.181. The number of halogens is 1. The molecule has 0 radical (unpaired) electrons. The largest absolute Gasteiger partial charge is 0.366 e. The highest BCUT2D eigenvalue weighted by atomic mass is 35.5. The van der Waals surface area contributed by atoms with Gasteiger partial charge in [-0.25, -0.2) is 0 Å². The molecule has 0 spiro atoms. The molecule has 0 heterocycles. The summed E-state index contributed by atoms with van der Waals surface area (Å²) in [5.41, 5.74) is -0.0725. The first-order valence-corrected chi connectivity index (χ1v) is 7.27. The summed E-state index contributed by atoms with van der Waals surface area (Å²) < 4.78 is 4.93. The summed E-state index contributed by atoms with van der Waals surface area (Å²) in [4.78, 5) is 0. The molecule has 0 rings (SSSR count). The third kappa shape index (κ3) is 6.35. The molecule has 9 heavy (non-hydrogen) atoms. The van der Waals surface area contributed by atoms with Gasteiger partial charge in [0, 0.05) is 15.2 Å². The number of rotatable bonds is 3. The van der Waals surface area contributed by atoms with E-state index < -0.39 is 8.07 Å². The van der Waals surface area contributed by atoms with Crippen LogP contribution in [-0.2, 0) is 4.74 Å². The first-order chi connectivity index (χ1) is 3.95. The van der Waals surface area contributed by atoms with E-state index in [1.807, 2.05) is 0 Å². The monoisotopic (exact) mass is 166 g/mol. The van der Waals surface area contributed by atoms with Crippen LogP contribution in [0, 0.1) is 0 Å². The van der Waals surface area contributed by atoms with Crippen LogP contribution in [0.5, 0.6) is 0 Å². The van der Waals surface area contributed by atoms with Gasteiger partial charge < -0.3 is 4.74 Å². The third-order valence-electron chi connectivity index (χ3n) is 1.03. The van der Waals surface area contributed by atoms with Gasteiger partial charge >= 0.3 is 0 Å². The lowest BCUT2D eigenvalue weighted by atomic mass is 10.8. The molecular weight excluding hydrogens is 152 g/mol. The lowest BCUT2D eigenvalue weighted by Gasteiger charge is -2.18. The minimum Gasteiger partial charge on any atom is -0.366 e. The zero-order valence-electron chi connectivity index (χ0n) is 6.57. The highest BCUT2D eigenvalue weighted by Gasteiger charge is 2.17. The van der Waals surface area contributed by atoms with E-state index in [9.17, 15) is 0 Å². The Labute approximate surface area is 63.4 Å². The maximum absolute atomic E-state index is 5.76. The van der Waals surface area contributed by atoms with Crippen molar-refractivity contribution in [1.82, 2.24) is 0 Å². The van der Waals surface area contributed by atoms with E-state index in [0.717, 1.165) is 6.04 Å². The average Bonchev–Trinajstić information content (AvgIpc) is 1.62. The van der Waals surface area contributed by atoms with Crippen molar-refractivity contribution in [2.24, 2.45) is 0 Å². The van der Waals surface area contributed by atoms with Crippen LogP contribution < -0.4 is 0 Å². The summed E-state index contributed by atoms with van der Waals surface area (Å²) in [6.07, 6.45) is 0. The SMILES string of the molecule is COC(Cl)C[Si](C)(C)C. The van der Waals surface area contributed by atoms with Crippen LogP contribution in [0.4, 0.5) is 0 Å². The molecule has 0 saturated heterocycles. The highest BCUT2D eigenvalue weighted by molar-refractivity contribution is 6.76. The second-order valence-corrected chi connectivity index (χ2v) is 9.43. The number of hydrogen-bond acceptors (Lipinski definition) is 1. The second kappa shape index (κ2) is 3.59. The summed E-state index contributed by atoms with van der Waals surface area (Å²) in [5.74, 6) is 0. The predicted octanol–water partition coefficient (Wildman–Crippen LogP) is 2.54. The molecule has 0 bridgehead atoms. The van der Waals surface area contributed by atoms with Gasteiger partial charge in [-0.3, -0.25) is 0 Å². The summed E-state index contributed by atoms with van der Waals surface area (Å²) in [5, 5.41) is 0. The Morgan fingerprint density at radius 2 is 1.89 bits per heavy atom. The number of hydrogen-bond donors (Lipinski definition) is 0. The van der Waals surface area contributed by atoms with Gasteiger partial charge in [-0.2, -0.15) is 0 Å². The van der Waals surface area contributed by atoms with Gasteiger partial charge in [-0.15, -0.1) is 0 Å². The molecule has 0 amide bonds. The molecule has 0 aliphatic heterocycles. The Morgan fingerprint density at radius 1 is 1.44 bits per heavy atom. The number of methoxy groups -OCH3 is 1. The van der Waals surface area contributed by atoms with Crippen molar-refractivity contribution in [1.29, 1.82) is 0 Å². The number of alkyl halides is 1. The van der Waals surface area contributed by atoms with Gasteiger partial charge in [0.1, 0.15) is 5.56 Å². The Kier molecular flexibility index (Phi) is 3.78. The van der Waals surface area contributed by atoms with Gasteiger partial charge in [0.05, 0.1) is 0 Å². The molecule has 1 nitrogen and oxygen atoms in total. The highest BCUT2D eigenvalue weighted by Crippen LogP contribution is 2.15. The molecule has 0 N–H and O–H groups in total. The molecule has 0 aromatic rings. The average molecular weight is 167 g/mol. The lowest BCUT2D eigenvalue weighted by Crippen LogP contribution is -2.24. The standard InChI is InChI=1S/C6H15ClOSi/c1-8-6(7)5-9(2,3)4/h6H,5H2,1-4H3. The molecule has 0 aliphatic carbocycles. The molecule has 0 aromatic heterocycles. The van der Waals surface area contributed by atoms with Gasteiger partial charge in [0.2, 0.25) is 0 Å². The van der Waals surface area contributed by atoms with Crippen molar-refractivity contribution in [2.45, 2.75) is 31.2 Å². The van der Waals surface area contributed by atoms with Crippen LogP contribution in [0.3, 0.4) is 0 Å². The molecule has 3 heteroatoms. The van der Waals surface area contributed by atoms with Crippen LogP contribution in [0.2, 0.25) is 25.7 Å². The topological polar surface area (TPSA) is 9.23 Å². The van der Waals surface area contributed by atoms with E-state index in [-0.39, 0.29) is 5.56 Å². The van der Waals surface area contributed by atoms with E-state index in [1.54, 1.807) is 7.11 Å². The Bertz CT molecular complexity index is 79.6. The van der Waals surface area contributed by atoms with Crippen molar-refractivity contribution in [2.75, 3.05) is 7.11 Å². The summed E-state index contributed by atoms with van der Waals surface area (Å²) in [6, 6.07) is 1.03. The Hall–Kier alpha value is 0.467.